The van der Waals surface area contributed by atoms with Gasteiger partial charge in [0.15, 0.2) is 0 Å². The maximum Gasteiger partial charge on any atom is 0.321 e. The van der Waals surface area contributed by atoms with E-state index in [2.05, 4.69) is 10.3 Å². The Hall–Kier alpha value is -3.12. The van der Waals surface area contributed by atoms with Crippen molar-refractivity contribution in [1.82, 2.24) is 10.3 Å². The minimum Gasteiger partial charge on any atom is -0.493 e. The van der Waals surface area contributed by atoms with Crippen molar-refractivity contribution in [3.63, 3.8) is 0 Å². The molecule has 0 radical (unpaired) electrons. The second-order valence-corrected chi connectivity index (χ2v) is 6.51. The Morgan fingerprint density at radius 1 is 1.18 bits per heavy atom. The predicted octanol–water partition coefficient (Wildman–Crippen LogP) is 3.49. The van der Waals surface area contributed by atoms with Gasteiger partial charge in [-0.05, 0) is 50.2 Å². The summed E-state index contributed by atoms with van der Waals surface area (Å²) in [6.45, 7) is 2.39. The molecule has 2 N–H and O–H groups in total. The molecule has 0 saturated carbocycles. The molecule has 0 fully saturated rings. The van der Waals surface area contributed by atoms with Crippen molar-refractivity contribution in [3.8, 4) is 17.2 Å². The molecule has 2 aromatic carbocycles. The zero-order valence-electron chi connectivity index (χ0n) is 16.0. The fraction of sp³-hybridized carbons (Fsp3) is 0.273. The van der Waals surface area contributed by atoms with E-state index in [0.717, 1.165) is 28.3 Å². The largest absolute Gasteiger partial charge is 0.493 e. The highest BCUT2D eigenvalue weighted by Crippen LogP contribution is 2.22. The number of nitrogens with one attached hydrogen (secondary N) is 1. The lowest BCUT2D eigenvalue weighted by atomic mass is 10.1. The molecule has 1 aromatic heterocycles. The van der Waals surface area contributed by atoms with Crippen LogP contribution in [0.3, 0.4) is 0 Å². The third-order valence-electron chi connectivity index (χ3n) is 4.53. The van der Waals surface area contributed by atoms with Crippen LogP contribution < -0.4 is 10.1 Å². The molecule has 1 heterocycles. The zero-order chi connectivity index (χ0) is 19.9. The predicted molar refractivity (Wildman–Crippen MR) is 107 cm³/mol. The van der Waals surface area contributed by atoms with Gasteiger partial charge >= 0.3 is 5.97 Å². The number of aliphatic carboxylic acids is 1. The number of benzene rings is 2. The van der Waals surface area contributed by atoms with Crippen molar-refractivity contribution < 1.29 is 19.1 Å². The summed E-state index contributed by atoms with van der Waals surface area (Å²) in [4.78, 5) is 15.7. The molecule has 0 saturated heterocycles. The minimum atomic E-state index is -0.860. The van der Waals surface area contributed by atoms with Gasteiger partial charge in [0.05, 0.1) is 12.3 Å². The molecule has 0 bridgehead atoms. The topological polar surface area (TPSA) is 84.6 Å². The zero-order valence-corrected chi connectivity index (χ0v) is 16.0. The number of rotatable bonds is 9. The highest BCUT2D eigenvalue weighted by molar-refractivity contribution is 5.73. The monoisotopic (exact) mass is 380 g/mol. The number of likely N-dealkylation sites (N-methyl/N-ethyl adjacent to an activating group) is 1. The third kappa shape index (κ3) is 4.98. The van der Waals surface area contributed by atoms with Crippen LogP contribution in [0.25, 0.3) is 11.5 Å². The summed E-state index contributed by atoms with van der Waals surface area (Å²) in [6.07, 6.45) is 1.07. The number of carboxylic acids is 1. The summed E-state index contributed by atoms with van der Waals surface area (Å²) in [5.74, 6) is 1.30. The Balaban J connectivity index is 1.54. The summed E-state index contributed by atoms with van der Waals surface area (Å²) in [5.41, 5.74) is 2.78. The highest BCUT2D eigenvalue weighted by atomic mass is 16.5. The van der Waals surface area contributed by atoms with Crippen LogP contribution in [0.1, 0.15) is 17.0 Å². The number of nitrogens with zero attached hydrogens (tertiary/aromatic N) is 1. The molecular formula is C22H24N2O4. The second kappa shape index (κ2) is 9.19. The van der Waals surface area contributed by atoms with Crippen molar-refractivity contribution in [1.29, 1.82) is 0 Å². The van der Waals surface area contributed by atoms with Gasteiger partial charge < -0.3 is 19.6 Å². The molecule has 0 spiro atoms. The summed E-state index contributed by atoms with van der Waals surface area (Å²) < 4.78 is 11.6. The Kier molecular flexibility index (Phi) is 6.45. The van der Waals surface area contributed by atoms with E-state index >= 15 is 0 Å². The first-order valence-corrected chi connectivity index (χ1v) is 9.20. The smallest absolute Gasteiger partial charge is 0.321 e. The van der Waals surface area contributed by atoms with Crippen LogP contribution in [-0.4, -0.2) is 35.8 Å². The first-order chi connectivity index (χ1) is 13.6. The quantitative estimate of drug-likeness (QED) is 0.591. The molecule has 0 aliphatic carbocycles. The van der Waals surface area contributed by atoms with Crippen LogP contribution in [0.5, 0.6) is 5.75 Å². The van der Waals surface area contributed by atoms with Gasteiger partial charge in [-0.3, -0.25) is 4.79 Å². The molecule has 1 unspecified atom stereocenters. The van der Waals surface area contributed by atoms with Crippen LogP contribution >= 0.6 is 0 Å². The van der Waals surface area contributed by atoms with Crippen molar-refractivity contribution in [2.45, 2.75) is 25.8 Å². The van der Waals surface area contributed by atoms with E-state index in [1.807, 2.05) is 61.5 Å². The van der Waals surface area contributed by atoms with Gasteiger partial charge in [0.1, 0.15) is 17.6 Å². The number of oxazole rings is 1. The van der Waals surface area contributed by atoms with Gasteiger partial charge in [-0.1, -0.05) is 30.3 Å². The molecule has 0 aliphatic rings. The summed E-state index contributed by atoms with van der Waals surface area (Å²) >= 11 is 0. The van der Waals surface area contributed by atoms with Crippen LogP contribution in [0.15, 0.2) is 59.0 Å². The summed E-state index contributed by atoms with van der Waals surface area (Å²) in [5, 5.41) is 11.9. The standard InChI is InChI=1S/C22H24N2O4/c1-15-19(24-21(28-15)17-6-4-3-5-7-17)12-13-27-18-10-8-16(9-11-18)14-20(23-2)22(25)26/h3-11,20,23H,12-14H2,1-2H3,(H,25,26). The molecule has 1 atom stereocenters. The van der Waals surface area contributed by atoms with Gasteiger partial charge in [-0.2, -0.15) is 0 Å². The van der Waals surface area contributed by atoms with E-state index in [1.165, 1.54) is 0 Å². The van der Waals surface area contributed by atoms with Gasteiger partial charge in [0.25, 0.3) is 0 Å². The summed E-state index contributed by atoms with van der Waals surface area (Å²) in [7, 11) is 1.64. The molecule has 6 nitrogen and oxygen atoms in total. The van der Waals surface area contributed by atoms with Crippen molar-refractivity contribution in [2.75, 3.05) is 13.7 Å². The molecular weight excluding hydrogens is 356 g/mol. The minimum absolute atomic E-state index is 0.423. The van der Waals surface area contributed by atoms with Crippen molar-refractivity contribution in [3.05, 3.63) is 71.6 Å². The summed E-state index contributed by atoms with van der Waals surface area (Å²) in [6, 6.07) is 16.7. The lowest BCUT2D eigenvalue weighted by Crippen LogP contribution is -2.35. The number of aryl methyl sites for hydroxylation is 1. The maximum atomic E-state index is 11.1. The maximum absolute atomic E-state index is 11.1. The van der Waals surface area contributed by atoms with E-state index < -0.39 is 12.0 Å². The second-order valence-electron chi connectivity index (χ2n) is 6.51. The molecule has 0 amide bonds. The van der Waals surface area contributed by atoms with Crippen LogP contribution in [-0.2, 0) is 17.6 Å². The Labute approximate surface area is 164 Å². The first-order valence-electron chi connectivity index (χ1n) is 9.20. The van der Waals surface area contributed by atoms with Gasteiger partial charge in [0.2, 0.25) is 5.89 Å². The fourth-order valence-corrected chi connectivity index (χ4v) is 2.90. The molecule has 3 aromatic rings. The normalized spacial score (nSPS) is 11.9. The fourth-order valence-electron chi connectivity index (χ4n) is 2.90. The Bertz CT molecular complexity index is 904. The van der Waals surface area contributed by atoms with E-state index in [1.54, 1.807) is 7.05 Å². The van der Waals surface area contributed by atoms with Gasteiger partial charge in [0, 0.05) is 12.0 Å². The van der Waals surface area contributed by atoms with E-state index in [0.29, 0.717) is 25.3 Å². The molecule has 6 heteroatoms. The van der Waals surface area contributed by atoms with Crippen LogP contribution in [0.4, 0.5) is 0 Å². The molecule has 28 heavy (non-hydrogen) atoms. The lowest BCUT2D eigenvalue weighted by Gasteiger charge is -2.11. The Morgan fingerprint density at radius 2 is 1.89 bits per heavy atom. The van der Waals surface area contributed by atoms with E-state index in [4.69, 9.17) is 14.3 Å². The molecule has 3 rings (SSSR count). The molecule has 146 valence electrons. The van der Waals surface area contributed by atoms with Gasteiger partial charge in [-0.15, -0.1) is 0 Å². The van der Waals surface area contributed by atoms with E-state index in [9.17, 15) is 4.79 Å². The van der Waals surface area contributed by atoms with Gasteiger partial charge in [-0.25, -0.2) is 4.98 Å². The Morgan fingerprint density at radius 3 is 2.54 bits per heavy atom. The average molecular weight is 380 g/mol. The number of aromatic nitrogens is 1. The van der Waals surface area contributed by atoms with Crippen LogP contribution in [0.2, 0.25) is 0 Å². The number of carbonyl (C=O) groups is 1. The number of hydrogen-bond donors (Lipinski definition) is 2. The lowest BCUT2D eigenvalue weighted by molar-refractivity contribution is -0.139. The first kappa shape index (κ1) is 19.6. The number of ether oxygens (including phenoxy) is 1. The van der Waals surface area contributed by atoms with Crippen LogP contribution in [0, 0.1) is 6.92 Å². The highest BCUT2D eigenvalue weighted by Gasteiger charge is 2.15. The van der Waals surface area contributed by atoms with Crippen molar-refractivity contribution in [2.24, 2.45) is 0 Å². The van der Waals surface area contributed by atoms with E-state index in [-0.39, 0.29) is 0 Å². The third-order valence-corrected chi connectivity index (χ3v) is 4.53. The molecule has 0 aliphatic heterocycles. The van der Waals surface area contributed by atoms with Crippen molar-refractivity contribution >= 4 is 5.97 Å². The average Bonchev–Trinajstić information content (AvgIpc) is 3.08. The SMILES string of the molecule is CNC(Cc1ccc(OCCc2nc(-c3ccccc3)oc2C)cc1)C(=O)O. The number of hydrogen-bond acceptors (Lipinski definition) is 5. The number of carboxylic acid groups (broad SMARTS) is 1.